The van der Waals surface area contributed by atoms with Crippen LogP contribution in [0.15, 0.2) is 449 Å². The van der Waals surface area contributed by atoms with Crippen LogP contribution in [0, 0.1) is 0 Å². The summed E-state index contributed by atoms with van der Waals surface area (Å²) in [7, 11) is 0. The van der Waals surface area contributed by atoms with E-state index in [-0.39, 0.29) is 0 Å². The maximum Gasteiger partial charge on any atom is 0.160 e. The van der Waals surface area contributed by atoms with E-state index in [1.54, 1.807) is 0 Å². The maximum absolute atomic E-state index is 6.93. The Morgan fingerprint density at radius 3 is 0.716 bits per heavy atom. The SMILES string of the molecule is c1ccc2c(c1)oc1c(N(c3cccc4c3oc3ccccc34)c3cc4c5ccccc5sc4c4c3oc3ccccc34)cccc12.c1ccc2c(c1)oc1c(N(c3cccc4c3sc3ccccc34)c3cccc4c3sc3ccccc34)cc3c4ccccc4sc3c12.c1ccc2c(c1)oc1cc(N(c3ccc4c(c3)oc3ccccc34)c3cc4c5ccccc5sc4c4c3oc3ccccc34)ccc12. The summed E-state index contributed by atoms with van der Waals surface area (Å²) < 4.78 is 59.4. The van der Waals surface area contributed by atoms with Crippen LogP contribution in [0.1, 0.15) is 0 Å². The lowest BCUT2D eigenvalue weighted by atomic mass is 10.0. The molecule has 0 bridgehead atoms. The fourth-order valence-electron chi connectivity index (χ4n) is 22.2. The predicted molar refractivity (Wildman–Crippen MR) is 599 cm³/mol. The van der Waals surface area contributed by atoms with E-state index in [9.17, 15) is 0 Å². The predicted octanol–water partition coefficient (Wildman–Crippen LogP) is 40.6. The molecule has 0 N–H and O–H groups in total. The van der Waals surface area contributed by atoms with Crippen molar-refractivity contribution in [2.24, 2.45) is 0 Å². The first kappa shape index (κ1) is 78.9. The van der Waals surface area contributed by atoms with Gasteiger partial charge < -0.3 is 40.7 Å². The van der Waals surface area contributed by atoms with E-state index in [0.29, 0.717) is 0 Å². The van der Waals surface area contributed by atoms with Gasteiger partial charge in [0.15, 0.2) is 27.9 Å². The number of hydrogen-bond acceptors (Lipinski definition) is 15. The molecule has 10 nitrogen and oxygen atoms in total. The second-order valence-corrected chi connectivity index (χ2v) is 41.4. The zero-order chi connectivity index (χ0) is 91.9. The molecule has 0 unspecified atom stereocenters. The van der Waals surface area contributed by atoms with E-state index >= 15 is 0 Å². The van der Waals surface area contributed by atoms with Crippen molar-refractivity contribution in [3.63, 3.8) is 0 Å². The molecular formula is C126H69N3O7S5. The minimum atomic E-state index is 0.807. The summed E-state index contributed by atoms with van der Waals surface area (Å²) in [5, 5.41) is 28.0. The number of nitrogens with zero attached hydrogens (tertiary/aromatic N) is 3. The van der Waals surface area contributed by atoms with Crippen molar-refractivity contribution < 1.29 is 30.9 Å². The highest BCUT2D eigenvalue weighted by Gasteiger charge is 2.33. The van der Waals surface area contributed by atoms with E-state index in [1.807, 2.05) is 117 Å². The topological polar surface area (TPSA) is 102 Å². The first-order valence-corrected chi connectivity index (χ1v) is 51.1. The van der Waals surface area contributed by atoms with Gasteiger partial charge in [0.2, 0.25) is 0 Å². The summed E-state index contributed by atoms with van der Waals surface area (Å²) in [6.45, 7) is 0. The van der Waals surface area contributed by atoms with Crippen molar-refractivity contribution in [2.75, 3.05) is 14.7 Å². The van der Waals surface area contributed by atoms with Crippen molar-refractivity contribution in [3.8, 4) is 0 Å². The Kier molecular flexibility index (Phi) is 17.1. The van der Waals surface area contributed by atoms with Crippen molar-refractivity contribution in [1.82, 2.24) is 0 Å². The molecule has 12 aromatic heterocycles. The van der Waals surface area contributed by atoms with Crippen LogP contribution in [0.2, 0.25) is 0 Å². The molecule has 15 heteroatoms. The smallest absolute Gasteiger partial charge is 0.160 e. The normalized spacial score (nSPS) is 12.3. The Hall–Kier alpha value is -17.3. The molecule has 141 heavy (non-hydrogen) atoms. The largest absolute Gasteiger partial charge is 0.456 e. The van der Waals surface area contributed by atoms with Gasteiger partial charge in [-0.2, -0.15) is 0 Å². The third-order valence-corrected chi connectivity index (χ3v) is 34.4. The molecule has 0 atom stereocenters. The zero-order valence-electron chi connectivity index (χ0n) is 74.6. The van der Waals surface area contributed by atoms with Crippen LogP contribution in [-0.4, -0.2) is 0 Å². The number of fused-ring (bicyclic) bond motifs is 39. The third kappa shape index (κ3) is 11.8. The number of anilines is 9. The number of hydrogen-bond donors (Lipinski definition) is 0. The van der Waals surface area contributed by atoms with Gasteiger partial charge in [-0.1, -0.05) is 267 Å². The number of para-hydroxylation sites is 9. The Bertz CT molecular complexity index is 10400. The zero-order valence-corrected chi connectivity index (χ0v) is 78.7. The maximum atomic E-state index is 6.93. The standard InChI is InChI=1S/2C42H23NO3S.C42H23NOS3/c1-5-19-34-24(11-1)27-15-9-17-31(39(27)44-34)43(32-18-10-16-28-25-12-2-6-20-35(25)45-40(28)32)33-23-30-26-13-4-8-22-37(26)47-42(30)38-29-14-3-7-21-36(29)46-41(33)38;1-5-13-34-26(9-1)28-19-17-24(21-37(28)44-34)43(25-18-20-29-27-10-2-6-14-35(27)45-38(29)22-25)33-23-32-30-11-4-8-16-39(30)47-42(32)40-31-12-3-7-15-36(31)46-41(33)40;1-5-19-34-29(14-1)38-39(44-34)33(23-30-26-13-4-8-22-37(26)47-42(30)38)43(31-17-9-15-27-24-11-2-6-20-35(24)45-40(27)31)32-18-10-16-28-25-12-3-7-21-36(25)46-41(28)32/h3*1-23H. The van der Waals surface area contributed by atoms with Crippen molar-refractivity contribution in [1.29, 1.82) is 0 Å². The molecule has 0 saturated heterocycles. The summed E-state index contributed by atoms with van der Waals surface area (Å²) in [5.74, 6) is 0. The lowest BCUT2D eigenvalue weighted by molar-refractivity contribution is 0.663. The summed E-state index contributed by atoms with van der Waals surface area (Å²) in [4.78, 5) is 7.06. The minimum Gasteiger partial charge on any atom is -0.456 e. The van der Waals surface area contributed by atoms with E-state index in [1.165, 1.54) is 106 Å². The molecule has 12 heterocycles. The molecule has 0 aliphatic rings. The molecule has 0 fully saturated rings. The van der Waals surface area contributed by atoms with E-state index < -0.39 is 0 Å². The lowest BCUT2D eigenvalue weighted by Gasteiger charge is -2.27. The summed E-state index contributed by atoms with van der Waals surface area (Å²) in [6, 6.07) is 148. The molecule has 21 aromatic carbocycles. The van der Waals surface area contributed by atoms with Gasteiger partial charge in [0.25, 0.3) is 0 Å². The van der Waals surface area contributed by atoms with Gasteiger partial charge in [0.1, 0.15) is 50.2 Å². The quantitative estimate of drug-likeness (QED) is 0.139. The average molecular weight is 1900 g/mol. The molecule has 0 spiro atoms. The molecule has 660 valence electrons. The van der Waals surface area contributed by atoms with Crippen LogP contribution >= 0.6 is 56.7 Å². The molecule has 0 amide bonds. The van der Waals surface area contributed by atoms with Gasteiger partial charge in [-0.05, 0) is 140 Å². The van der Waals surface area contributed by atoms with Gasteiger partial charge in [-0.15, -0.1) is 56.7 Å². The number of thiophene rings is 5. The molecule has 33 rings (SSSR count). The van der Waals surface area contributed by atoms with Crippen LogP contribution < -0.4 is 14.7 Å². The second kappa shape index (κ2) is 30.6. The van der Waals surface area contributed by atoms with E-state index in [2.05, 4.69) is 373 Å². The highest BCUT2D eigenvalue weighted by molar-refractivity contribution is 7.28. The highest BCUT2D eigenvalue weighted by Crippen LogP contribution is 2.59. The van der Waals surface area contributed by atoms with Crippen LogP contribution in [0.5, 0.6) is 0 Å². The van der Waals surface area contributed by atoms with Crippen LogP contribution in [-0.2, 0) is 0 Å². The fraction of sp³-hybridized carbons (Fsp3) is 0. The van der Waals surface area contributed by atoms with Gasteiger partial charge in [0.05, 0.1) is 60.6 Å². The number of benzene rings is 21. The van der Waals surface area contributed by atoms with Crippen LogP contribution in [0.3, 0.4) is 0 Å². The Morgan fingerprint density at radius 2 is 0.369 bits per heavy atom. The van der Waals surface area contributed by atoms with Gasteiger partial charge >= 0.3 is 0 Å². The van der Waals surface area contributed by atoms with Crippen molar-refractivity contribution >= 4 is 362 Å². The molecule has 0 radical (unpaired) electrons. The molecule has 0 saturated carbocycles. The van der Waals surface area contributed by atoms with Crippen LogP contribution in [0.4, 0.5) is 51.2 Å². The fourth-order valence-corrected chi connectivity index (χ4v) is 28.3. The molecule has 33 aromatic rings. The first-order valence-electron chi connectivity index (χ1n) is 47.0. The third-order valence-electron chi connectivity index (χ3n) is 28.4. The number of rotatable bonds is 9. The summed E-state index contributed by atoms with van der Waals surface area (Å²) >= 11 is 9.24. The Morgan fingerprint density at radius 1 is 0.135 bits per heavy atom. The molecule has 0 aliphatic heterocycles. The van der Waals surface area contributed by atoms with Crippen LogP contribution in [0.25, 0.3) is 254 Å². The minimum absolute atomic E-state index is 0.807. The van der Waals surface area contributed by atoms with Gasteiger partial charge in [-0.25, -0.2) is 0 Å². The summed E-state index contributed by atoms with van der Waals surface area (Å²) in [5.41, 5.74) is 21.0. The molecule has 0 aliphatic carbocycles. The van der Waals surface area contributed by atoms with Crippen molar-refractivity contribution in [2.45, 2.75) is 0 Å². The lowest BCUT2D eigenvalue weighted by Crippen LogP contribution is -2.11. The Labute approximate surface area is 819 Å². The monoisotopic (exact) mass is 1900 g/mol. The Balaban J connectivity index is 0.0000000972. The summed E-state index contributed by atoms with van der Waals surface area (Å²) in [6.07, 6.45) is 0. The van der Waals surface area contributed by atoms with E-state index in [0.717, 1.165) is 199 Å². The molecular weight excluding hydrogens is 1830 g/mol. The first-order chi connectivity index (χ1) is 69.9. The second-order valence-electron chi connectivity index (χ2n) is 36.1. The highest BCUT2D eigenvalue weighted by atomic mass is 32.1. The van der Waals surface area contributed by atoms with Gasteiger partial charge in [0, 0.05) is 179 Å². The number of furan rings is 7. The van der Waals surface area contributed by atoms with E-state index in [4.69, 9.17) is 30.9 Å². The van der Waals surface area contributed by atoms with Gasteiger partial charge in [-0.3, -0.25) is 4.90 Å². The average Bonchev–Trinajstić information content (AvgIpc) is 1.57. The van der Waals surface area contributed by atoms with Crippen molar-refractivity contribution in [3.05, 3.63) is 419 Å².